The summed E-state index contributed by atoms with van der Waals surface area (Å²) >= 11 is 0. The fourth-order valence-corrected chi connectivity index (χ4v) is 4.12. The lowest BCUT2D eigenvalue weighted by Gasteiger charge is -2.35. The Morgan fingerprint density at radius 2 is 1.88 bits per heavy atom. The fraction of sp³-hybridized carbons (Fsp3) is 0.750. The van der Waals surface area contributed by atoms with Crippen molar-refractivity contribution >= 4 is 0 Å². The Morgan fingerprint density at radius 3 is 2.76 bits per heavy atom. The Kier molecular flexibility index (Phi) is 7.67. The Labute approximate surface area is 153 Å². The fourth-order valence-electron chi connectivity index (χ4n) is 4.12. The van der Waals surface area contributed by atoms with Gasteiger partial charge in [0.25, 0.3) is 0 Å². The number of nitrogens with zero attached hydrogens (tertiary/aromatic N) is 2. The lowest BCUT2D eigenvalue weighted by Crippen LogP contribution is -2.49. The van der Waals surface area contributed by atoms with Crippen molar-refractivity contribution in [2.24, 2.45) is 5.92 Å². The lowest BCUT2D eigenvalue weighted by molar-refractivity contribution is 0.161. The van der Waals surface area contributed by atoms with E-state index in [1.807, 2.05) is 0 Å². The first-order chi connectivity index (χ1) is 12.3. The number of hydrogen-bond donors (Lipinski definition) is 3. The average Bonchev–Trinajstić information content (AvgIpc) is 2.60. The molecule has 3 heterocycles. The van der Waals surface area contributed by atoms with Crippen LogP contribution in [0.3, 0.4) is 0 Å². The second kappa shape index (κ2) is 10.2. The summed E-state index contributed by atoms with van der Waals surface area (Å²) in [7, 11) is 0. The van der Waals surface area contributed by atoms with Crippen LogP contribution in [-0.4, -0.2) is 68.3 Å². The molecule has 3 unspecified atom stereocenters. The van der Waals surface area contributed by atoms with Gasteiger partial charge in [0.2, 0.25) is 0 Å². The molecule has 5 nitrogen and oxygen atoms in total. The van der Waals surface area contributed by atoms with Crippen LogP contribution in [0.25, 0.3) is 0 Å². The Bertz CT molecular complexity index is 507. The Morgan fingerprint density at radius 1 is 1.04 bits per heavy atom. The van der Waals surface area contributed by atoms with Gasteiger partial charge in [-0.05, 0) is 63.7 Å². The highest BCUT2D eigenvalue weighted by Gasteiger charge is 2.22. The van der Waals surface area contributed by atoms with Gasteiger partial charge in [-0.25, -0.2) is 0 Å². The predicted molar refractivity (Wildman–Crippen MR) is 104 cm³/mol. The summed E-state index contributed by atoms with van der Waals surface area (Å²) < 4.78 is 0. The SMILES string of the molecule is Cc1cccc(CC2CCNCCNCCNC3CCCN(C2)C3)n1. The van der Waals surface area contributed by atoms with Crippen molar-refractivity contribution in [3.63, 3.8) is 0 Å². The molecule has 0 radical (unpaired) electrons. The van der Waals surface area contributed by atoms with Gasteiger partial charge < -0.3 is 20.9 Å². The van der Waals surface area contributed by atoms with E-state index in [2.05, 4.69) is 46.0 Å². The van der Waals surface area contributed by atoms with E-state index < -0.39 is 0 Å². The van der Waals surface area contributed by atoms with Gasteiger partial charge in [0.15, 0.2) is 0 Å². The standard InChI is InChI=1S/C20H35N5/c1-17-4-2-5-19(24-17)14-18-7-8-21-9-10-22-11-12-23-20-6-3-13-25(15-18)16-20/h2,4-5,18,20-23H,3,6-16H2,1H3. The molecular formula is C20H35N5. The lowest BCUT2D eigenvalue weighted by atomic mass is 9.96. The van der Waals surface area contributed by atoms with Crippen LogP contribution in [-0.2, 0) is 6.42 Å². The molecule has 2 aliphatic heterocycles. The zero-order valence-electron chi connectivity index (χ0n) is 15.8. The van der Waals surface area contributed by atoms with Crippen molar-refractivity contribution in [1.29, 1.82) is 0 Å². The van der Waals surface area contributed by atoms with Crippen molar-refractivity contribution in [3.8, 4) is 0 Å². The first-order valence-electron chi connectivity index (χ1n) is 10.1. The van der Waals surface area contributed by atoms with Crippen LogP contribution >= 0.6 is 0 Å². The van der Waals surface area contributed by atoms with Crippen LogP contribution < -0.4 is 16.0 Å². The number of aromatic nitrogens is 1. The van der Waals surface area contributed by atoms with E-state index in [-0.39, 0.29) is 0 Å². The largest absolute Gasteiger partial charge is 0.315 e. The third kappa shape index (κ3) is 6.66. The molecule has 0 aromatic carbocycles. The van der Waals surface area contributed by atoms with E-state index in [4.69, 9.17) is 4.98 Å². The topological polar surface area (TPSA) is 52.2 Å². The van der Waals surface area contributed by atoms with Crippen LogP contribution in [0.1, 0.15) is 30.7 Å². The molecule has 2 saturated heterocycles. The quantitative estimate of drug-likeness (QED) is 0.752. The van der Waals surface area contributed by atoms with Crippen molar-refractivity contribution in [2.75, 3.05) is 52.4 Å². The minimum absolute atomic E-state index is 0.661. The van der Waals surface area contributed by atoms with Crippen LogP contribution in [0, 0.1) is 12.8 Å². The third-order valence-electron chi connectivity index (χ3n) is 5.41. The zero-order valence-corrected chi connectivity index (χ0v) is 15.8. The Hall–Kier alpha value is -1.01. The molecule has 2 fully saturated rings. The van der Waals surface area contributed by atoms with E-state index in [1.54, 1.807) is 0 Å². The van der Waals surface area contributed by atoms with Crippen LogP contribution in [0.2, 0.25) is 0 Å². The molecule has 2 bridgehead atoms. The number of hydrogen-bond acceptors (Lipinski definition) is 5. The summed E-state index contributed by atoms with van der Waals surface area (Å²) in [5.74, 6) is 0.677. The molecule has 0 aliphatic carbocycles. The van der Waals surface area contributed by atoms with E-state index in [1.165, 1.54) is 44.6 Å². The number of aryl methyl sites for hydroxylation is 1. The van der Waals surface area contributed by atoms with Crippen molar-refractivity contribution in [3.05, 3.63) is 29.6 Å². The summed E-state index contributed by atoms with van der Waals surface area (Å²) in [6, 6.07) is 7.09. The molecule has 25 heavy (non-hydrogen) atoms. The van der Waals surface area contributed by atoms with E-state index in [0.717, 1.165) is 44.8 Å². The van der Waals surface area contributed by atoms with E-state index in [0.29, 0.717) is 12.0 Å². The highest BCUT2D eigenvalue weighted by Crippen LogP contribution is 2.17. The maximum Gasteiger partial charge on any atom is 0.0410 e. The molecule has 3 N–H and O–H groups in total. The van der Waals surface area contributed by atoms with Crippen molar-refractivity contribution in [2.45, 2.75) is 38.6 Å². The third-order valence-corrected chi connectivity index (χ3v) is 5.41. The number of piperidine rings is 1. The molecule has 1 aromatic heterocycles. The molecule has 3 atom stereocenters. The van der Waals surface area contributed by atoms with E-state index in [9.17, 15) is 0 Å². The number of rotatable bonds is 2. The van der Waals surface area contributed by atoms with Gasteiger partial charge in [-0.3, -0.25) is 4.98 Å². The van der Waals surface area contributed by atoms with Gasteiger partial charge in [-0.1, -0.05) is 6.07 Å². The molecular weight excluding hydrogens is 310 g/mol. The highest BCUT2D eigenvalue weighted by atomic mass is 15.2. The monoisotopic (exact) mass is 345 g/mol. The first-order valence-corrected chi connectivity index (χ1v) is 10.1. The molecule has 0 saturated carbocycles. The predicted octanol–water partition coefficient (Wildman–Crippen LogP) is 1.19. The number of nitrogens with one attached hydrogen (secondary N) is 3. The second-order valence-corrected chi connectivity index (χ2v) is 7.68. The van der Waals surface area contributed by atoms with Crippen LogP contribution in [0.4, 0.5) is 0 Å². The summed E-state index contributed by atoms with van der Waals surface area (Å²) in [6.45, 7) is 11.1. The van der Waals surface area contributed by atoms with Gasteiger partial charge in [0.05, 0.1) is 0 Å². The van der Waals surface area contributed by atoms with Crippen molar-refractivity contribution < 1.29 is 0 Å². The number of pyridine rings is 1. The molecule has 5 heteroatoms. The minimum Gasteiger partial charge on any atom is -0.315 e. The molecule has 1 aromatic rings. The molecule has 3 rings (SSSR count). The van der Waals surface area contributed by atoms with Gasteiger partial charge in [0, 0.05) is 56.7 Å². The molecule has 0 amide bonds. The number of fused-ring (bicyclic) bond motifs is 2. The maximum absolute atomic E-state index is 4.74. The minimum atomic E-state index is 0.661. The molecule has 140 valence electrons. The van der Waals surface area contributed by atoms with Gasteiger partial charge in [-0.2, -0.15) is 0 Å². The van der Waals surface area contributed by atoms with Crippen LogP contribution in [0.15, 0.2) is 18.2 Å². The summed E-state index contributed by atoms with van der Waals surface area (Å²) in [5.41, 5.74) is 2.38. The molecule has 0 spiro atoms. The van der Waals surface area contributed by atoms with Gasteiger partial charge in [0.1, 0.15) is 0 Å². The zero-order chi connectivity index (χ0) is 17.3. The Balaban J connectivity index is 1.61. The van der Waals surface area contributed by atoms with Gasteiger partial charge in [-0.15, -0.1) is 0 Å². The summed E-state index contributed by atoms with van der Waals surface area (Å²) in [4.78, 5) is 7.42. The van der Waals surface area contributed by atoms with Crippen molar-refractivity contribution in [1.82, 2.24) is 25.8 Å². The second-order valence-electron chi connectivity index (χ2n) is 7.68. The normalized spacial score (nSPS) is 29.7. The highest BCUT2D eigenvalue weighted by molar-refractivity contribution is 5.10. The maximum atomic E-state index is 4.74. The smallest absolute Gasteiger partial charge is 0.0410 e. The molecule has 2 aliphatic rings. The summed E-state index contributed by atoms with van der Waals surface area (Å²) in [6.07, 6.45) is 4.96. The first kappa shape index (κ1) is 18.8. The van der Waals surface area contributed by atoms with Crippen LogP contribution in [0.5, 0.6) is 0 Å². The van der Waals surface area contributed by atoms with Gasteiger partial charge >= 0.3 is 0 Å². The summed E-state index contributed by atoms with van der Waals surface area (Å²) in [5, 5.41) is 10.9. The van der Waals surface area contributed by atoms with E-state index >= 15 is 0 Å². The average molecular weight is 346 g/mol.